The Labute approximate surface area is 92.5 Å². The monoisotopic (exact) mass is 233 g/mol. The molecule has 0 aliphatic heterocycles. The molecule has 5 nitrogen and oxygen atoms in total. The third-order valence-corrected chi connectivity index (χ3v) is 4.70. The molecule has 0 aromatic carbocycles. The van der Waals surface area contributed by atoms with Crippen molar-refractivity contribution in [1.29, 1.82) is 5.26 Å². The summed E-state index contributed by atoms with van der Waals surface area (Å²) < 4.78 is 26.4. The molecule has 0 aliphatic carbocycles. The molecule has 0 radical (unpaired) electrons. The van der Waals surface area contributed by atoms with Crippen molar-refractivity contribution in [3.63, 3.8) is 0 Å². The molecule has 0 saturated carbocycles. The third-order valence-electron chi connectivity index (χ3n) is 2.46. The van der Waals surface area contributed by atoms with Crippen LogP contribution in [0.25, 0.3) is 0 Å². The van der Waals surface area contributed by atoms with Gasteiger partial charge in [0.15, 0.2) is 0 Å². The summed E-state index contributed by atoms with van der Waals surface area (Å²) >= 11 is 0. The second-order valence-electron chi connectivity index (χ2n) is 3.85. The fourth-order valence-corrected chi connectivity index (χ4v) is 2.43. The normalized spacial score (nSPS) is 14.6. The Morgan fingerprint density at radius 2 is 1.67 bits per heavy atom. The van der Waals surface area contributed by atoms with Crippen LogP contribution < -0.4 is 0 Å². The molecule has 0 heterocycles. The van der Waals surface area contributed by atoms with E-state index in [-0.39, 0.29) is 18.5 Å². The smallest absolute Gasteiger partial charge is 0.198 e. The molecule has 15 heavy (non-hydrogen) atoms. The number of nitrogens with zero attached hydrogens (tertiary/aromatic N) is 3. The van der Waals surface area contributed by atoms with Crippen LogP contribution in [0.3, 0.4) is 0 Å². The van der Waals surface area contributed by atoms with Crippen LogP contribution in [0.2, 0.25) is 0 Å². The van der Waals surface area contributed by atoms with Crippen LogP contribution in [0.5, 0.6) is 0 Å². The molecule has 1 unspecified atom stereocenters. The molecule has 0 rings (SSSR count). The van der Waals surface area contributed by atoms with Gasteiger partial charge in [-0.3, -0.25) is 0 Å². The number of hydrogen-bond acceptors (Lipinski definition) is 3. The summed E-state index contributed by atoms with van der Waals surface area (Å²) in [6.45, 7) is 5.33. The standard InChI is InChI=1S/C9H19N3O2S/c1-8(2)11(4)15(13,14)12(5)9(3)6-7-10/h8-9H,6H2,1-5H3. The highest BCUT2D eigenvalue weighted by molar-refractivity contribution is 7.86. The first kappa shape index (κ1) is 14.4. The van der Waals surface area contributed by atoms with Gasteiger partial charge in [0.2, 0.25) is 0 Å². The van der Waals surface area contributed by atoms with Gasteiger partial charge in [0.25, 0.3) is 10.2 Å². The number of rotatable bonds is 5. The Morgan fingerprint density at radius 1 is 1.20 bits per heavy atom. The summed E-state index contributed by atoms with van der Waals surface area (Å²) in [5, 5.41) is 8.51. The maximum atomic E-state index is 11.9. The van der Waals surface area contributed by atoms with Crippen LogP contribution in [0, 0.1) is 11.3 Å². The van der Waals surface area contributed by atoms with Gasteiger partial charge >= 0.3 is 0 Å². The largest absolute Gasteiger partial charge is 0.281 e. The van der Waals surface area contributed by atoms with Gasteiger partial charge in [0.1, 0.15) is 0 Å². The molecule has 0 spiro atoms. The van der Waals surface area contributed by atoms with Gasteiger partial charge in [0, 0.05) is 26.2 Å². The molecule has 0 fully saturated rings. The fourth-order valence-electron chi connectivity index (χ4n) is 0.958. The molecular formula is C9H19N3O2S. The lowest BCUT2D eigenvalue weighted by Crippen LogP contribution is -2.46. The van der Waals surface area contributed by atoms with E-state index in [9.17, 15) is 8.42 Å². The molecule has 0 saturated heterocycles. The maximum Gasteiger partial charge on any atom is 0.281 e. The average molecular weight is 233 g/mol. The highest BCUT2D eigenvalue weighted by Gasteiger charge is 2.28. The van der Waals surface area contributed by atoms with E-state index < -0.39 is 10.2 Å². The van der Waals surface area contributed by atoms with Crippen LogP contribution in [0.4, 0.5) is 0 Å². The third kappa shape index (κ3) is 3.45. The van der Waals surface area contributed by atoms with E-state index in [4.69, 9.17) is 5.26 Å². The molecule has 0 bridgehead atoms. The lowest BCUT2D eigenvalue weighted by molar-refractivity contribution is 0.326. The van der Waals surface area contributed by atoms with Gasteiger partial charge in [-0.25, -0.2) is 0 Å². The molecule has 0 amide bonds. The van der Waals surface area contributed by atoms with Gasteiger partial charge in [-0.1, -0.05) is 0 Å². The topological polar surface area (TPSA) is 64.4 Å². The quantitative estimate of drug-likeness (QED) is 0.705. The molecule has 0 aliphatic rings. The van der Waals surface area contributed by atoms with Crippen molar-refractivity contribution in [1.82, 2.24) is 8.61 Å². The van der Waals surface area contributed by atoms with Gasteiger partial charge in [-0.15, -0.1) is 0 Å². The van der Waals surface area contributed by atoms with Crippen LogP contribution in [-0.2, 0) is 10.2 Å². The van der Waals surface area contributed by atoms with E-state index >= 15 is 0 Å². The van der Waals surface area contributed by atoms with Crippen molar-refractivity contribution in [2.45, 2.75) is 39.3 Å². The van der Waals surface area contributed by atoms with E-state index in [0.717, 1.165) is 0 Å². The van der Waals surface area contributed by atoms with Crippen molar-refractivity contribution < 1.29 is 8.42 Å². The van der Waals surface area contributed by atoms with E-state index in [1.807, 2.05) is 6.07 Å². The minimum Gasteiger partial charge on any atom is -0.198 e. The highest BCUT2D eigenvalue weighted by Crippen LogP contribution is 2.12. The van der Waals surface area contributed by atoms with E-state index in [2.05, 4.69) is 0 Å². The van der Waals surface area contributed by atoms with Crippen LogP contribution in [-0.4, -0.2) is 43.2 Å². The number of nitriles is 1. The van der Waals surface area contributed by atoms with Crippen molar-refractivity contribution in [3.8, 4) is 6.07 Å². The second-order valence-corrected chi connectivity index (χ2v) is 5.89. The van der Waals surface area contributed by atoms with Gasteiger partial charge < -0.3 is 0 Å². The summed E-state index contributed by atoms with van der Waals surface area (Å²) in [5.74, 6) is 0. The van der Waals surface area contributed by atoms with Crippen LogP contribution >= 0.6 is 0 Å². The molecule has 0 N–H and O–H groups in total. The Bertz CT molecular complexity index is 332. The zero-order valence-corrected chi connectivity index (χ0v) is 10.7. The summed E-state index contributed by atoms with van der Waals surface area (Å²) in [4.78, 5) is 0. The summed E-state index contributed by atoms with van der Waals surface area (Å²) in [7, 11) is -0.411. The maximum absolute atomic E-state index is 11.9. The molecule has 0 aromatic heterocycles. The first-order valence-electron chi connectivity index (χ1n) is 4.83. The summed E-state index contributed by atoms with van der Waals surface area (Å²) in [6.07, 6.45) is 0.196. The summed E-state index contributed by atoms with van der Waals surface area (Å²) in [6, 6.07) is 1.57. The zero-order chi connectivity index (χ0) is 12.2. The Morgan fingerprint density at radius 3 is 2.00 bits per heavy atom. The molecule has 1 atom stereocenters. The Kier molecular flexibility index (Phi) is 5.21. The van der Waals surface area contributed by atoms with Gasteiger partial charge in [-0.05, 0) is 20.8 Å². The van der Waals surface area contributed by atoms with Gasteiger partial charge in [-0.2, -0.15) is 22.3 Å². The van der Waals surface area contributed by atoms with E-state index in [1.165, 1.54) is 22.7 Å². The Hall–Kier alpha value is -0.640. The van der Waals surface area contributed by atoms with Crippen molar-refractivity contribution >= 4 is 10.2 Å². The second kappa shape index (κ2) is 5.45. The highest BCUT2D eigenvalue weighted by atomic mass is 32.2. The minimum atomic E-state index is -3.44. The van der Waals surface area contributed by atoms with Crippen LogP contribution in [0.1, 0.15) is 27.2 Å². The Balaban J connectivity index is 4.82. The predicted molar refractivity (Wildman–Crippen MR) is 59.3 cm³/mol. The van der Waals surface area contributed by atoms with E-state index in [0.29, 0.717) is 0 Å². The first-order valence-corrected chi connectivity index (χ1v) is 6.22. The van der Waals surface area contributed by atoms with Crippen molar-refractivity contribution in [3.05, 3.63) is 0 Å². The van der Waals surface area contributed by atoms with Crippen molar-refractivity contribution in [2.24, 2.45) is 0 Å². The predicted octanol–water partition coefficient (Wildman–Crippen LogP) is 0.805. The SMILES string of the molecule is CC(C)N(C)S(=O)(=O)N(C)C(C)CC#N. The number of hydrogen-bond donors (Lipinski definition) is 0. The molecule has 6 heteroatoms. The first-order chi connectivity index (χ1) is 6.75. The van der Waals surface area contributed by atoms with Crippen molar-refractivity contribution in [2.75, 3.05) is 14.1 Å². The lowest BCUT2D eigenvalue weighted by Gasteiger charge is -2.29. The fraction of sp³-hybridized carbons (Fsp3) is 0.889. The molecule has 88 valence electrons. The van der Waals surface area contributed by atoms with Crippen LogP contribution in [0.15, 0.2) is 0 Å². The lowest BCUT2D eigenvalue weighted by atomic mass is 10.3. The van der Waals surface area contributed by atoms with Gasteiger partial charge in [0.05, 0.1) is 12.5 Å². The zero-order valence-electron chi connectivity index (χ0n) is 9.93. The molecule has 0 aromatic rings. The minimum absolute atomic E-state index is 0.0910. The van der Waals surface area contributed by atoms with E-state index in [1.54, 1.807) is 20.8 Å². The molecular weight excluding hydrogens is 214 g/mol. The summed E-state index contributed by atoms with van der Waals surface area (Å²) in [5.41, 5.74) is 0. The average Bonchev–Trinajstić information content (AvgIpc) is 2.15.